The van der Waals surface area contributed by atoms with Gasteiger partial charge in [-0.1, -0.05) is 17.7 Å². The molecule has 2 aromatic carbocycles. The number of methoxy groups -OCH3 is 1. The van der Waals surface area contributed by atoms with Gasteiger partial charge in [0.1, 0.15) is 5.75 Å². The van der Waals surface area contributed by atoms with Gasteiger partial charge in [0.2, 0.25) is 0 Å². The number of nitro benzene ring substituents is 1. The molecule has 8 heteroatoms. The number of aryl methyl sites for hydroxylation is 2. The highest BCUT2D eigenvalue weighted by molar-refractivity contribution is 5.97. The molecule has 2 aromatic rings. The van der Waals surface area contributed by atoms with E-state index in [1.165, 1.54) is 25.3 Å². The average molecular weight is 358 g/mol. The van der Waals surface area contributed by atoms with E-state index in [0.29, 0.717) is 5.56 Å². The SMILES string of the molecule is COc1cc([N+](=O)[O-])ccc1NC(=O)COC(=O)c1ccc(C)cc1C. The number of hydrogen-bond donors (Lipinski definition) is 1. The lowest BCUT2D eigenvalue weighted by molar-refractivity contribution is -0.384. The molecule has 0 aliphatic heterocycles. The number of amides is 1. The third-order valence-corrected chi connectivity index (χ3v) is 3.61. The van der Waals surface area contributed by atoms with E-state index in [4.69, 9.17) is 9.47 Å². The maximum absolute atomic E-state index is 12.1. The number of nitro groups is 1. The predicted octanol–water partition coefficient (Wildman–Crippen LogP) is 3.02. The van der Waals surface area contributed by atoms with Crippen LogP contribution >= 0.6 is 0 Å². The molecule has 0 heterocycles. The fourth-order valence-corrected chi connectivity index (χ4v) is 2.33. The van der Waals surface area contributed by atoms with Crippen LogP contribution in [0.2, 0.25) is 0 Å². The minimum atomic E-state index is -0.603. The van der Waals surface area contributed by atoms with Crippen molar-refractivity contribution < 1.29 is 24.0 Å². The maximum atomic E-state index is 12.1. The largest absolute Gasteiger partial charge is 0.494 e. The normalized spacial score (nSPS) is 10.1. The van der Waals surface area contributed by atoms with Gasteiger partial charge in [-0.05, 0) is 31.5 Å². The van der Waals surface area contributed by atoms with Crippen LogP contribution < -0.4 is 10.1 Å². The molecule has 0 aliphatic carbocycles. The molecule has 0 saturated carbocycles. The van der Waals surface area contributed by atoms with Gasteiger partial charge in [0.15, 0.2) is 6.61 Å². The average Bonchev–Trinajstić information content (AvgIpc) is 2.59. The fourth-order valence-electron chi connectivity index (χ4n) is 2.33. The van der Waals surface area contributed by atoms with Crippen LogP contribution in [-0.2, 0) is 9.53 Å². The summed E-state index contributed by atoms with van der Waals surface area (Å²) in [6.07, 6.45) is 0. The summed E-state index contributed by atoms with van der Waals surface area (Å²) in [6, 6.07) is 9.05. The first-order valence-corrected chi connectivity index (χ1v) is 7.68. The van der Waals surface area contributed by atoms with E-state index in [-0.39, 0.29) is 17.1 Å². The fraction of sp³-hybridized carbons (Fsp3) is 0.222. The van der Waals surface area contributed by atoms with Crippen molar-refractivity contribution in [3.8, 4) is 5.75 Å². The smallest absolute Gasteiger partial charge is 0.338 e. The summed E-state index contributed by atoms with van der Waals surface area (Å²) in [5.41, 5.74) is 2.23. The second-order valence-corrected chi connectivity index (χ2v) is 5.58. The predicted molar refractivity (Wildman–Crippen MR) is 94.5 cm³/mol. The van der Waals surface area contributed by atoms with Gasteiger partial charge in [-0.15, -0.1) is 0 Å². The lowest BCUT2D eigenvalue weighted by atomic mass is 10.1. The minimum absolute atomic E-state index is 0.133. The lowest BCUT2D eigenvalue weighted by Crippen LogP contribution is -2.21. The summed E-state index contributed by atoms with van der Waals surface area (Å²) in [7, 11) is 1.33. The van der Waals surface area contributed by atoms with Crippen molar-refractivity contribution in [2.24, 2.45) is 0 Å². The number of carbonyl (C=O) groups is 2. The van der Waals surface area contributed by atoms with Crippen LogP contribution in [0.25, 0.3) is 0 Å². The number of benzene rings is 2. The molecule has 26 heavy (non-hydrogen) atoms. The van der Waals surface area contributed by atoms with Crippen molar-refractivity contribution in [1.29, 1.82) is 0 Å². The molecule has 0 bridgehead atoms. The Bertz CT molecular complexity index is 863. The standard InChI is InChI=1S/C18H18N2O6/c1-11-4-6-14(12(2)8-11)18(22)26-10-17(21)19-15-7-5-13(20(23)24)9-16(15)25-3/h4-9H,10H2,1-3H3,(H,19,21). The van der Waals surface area contributed by atoms with Gasteiger partial charge in [-0.3, -0.25) is 14.9 Å². The van der Waals surface area contributed by atoms with Gasteiger partial charge in [-0.25, -0.2) is 4.79 Å². The third kappa shape index (κ3) is 4.56. The number of non-ortho nitro benzene ring substituents is 1. The number of ether oxygens (including phenoxy) is 2. The number of nitrogens with one attached hydrogen (secondary N) is 1. The molecule has 0 unspecified atom stereocenters. The van der Waals surface area contributed by atoms with Crippen molar-refractivity contribution in [2.75, 3.05) is 19.0 Å². The molecule has 136 valence electrons. The van der Waals surface area contributed by atoms with E-state index >= 15 is 0 Å². The number of esters is 1. The lowest BCUT2D eigenvalue weighted by Gasteiger charge is -2.11. The van der Waals surface area contributed by atoms with E-state index in [0.717, 1.165) is 11.1 Å². The monoisotopic (exact) mass is 358 g/mol. The van der Waals surface area contributed by atoms with Gasteiger partial charge >= 0.3 is 5.97 Å². The minimum Gasteiger partial charge on any atom is -0.494 e. The van der Waals surface area contributed by atoms with Gasteiger partial charge in [0.25, 0.3) is 11.6 Å². The summed E-state index contributed by atoms with van der Waals surface area (Å²) >= 11 is 0. The molecule has 0 spiro atoms. The molecule has 0 aromatic heterocycles. The number of anilines is 1. The van der Waals surface area contributed by atoms with E-state index in [9.17, 15) is 19.7 Å². The first-order valence-electron chi connectivity index (χ1n) is 7.68. The third-order valence-electron chi connectivity index (χ3n) is 3.61. The highest BCUT2D eigenvalue weighted by Crippen LogP contribution is 2.28. The van der Waals surface area contributed by atoms with Crippen molar-refractivity contribution in [3.63, 3.8) is 0 Å². The molecule has 0 fully saturated rings. The Morgan fingerprint density at radius 3 is 2.50 bits per heavy atom. The van der Waals surface area contributed by atoms with Crippen LogP contribution in [0.3, 0.4) is 0 Å². The molecule has 1 N–H and O–H groups in total. The molecule has 2 rings (SSSR count). The summed E-state index contributed by atoms with van der Waals surface area (Å²) in [4.78, 5) is 34.3. The Hall–Kier alpha value is -3.42. The summed E-state index contributed by atoms with van der Waals surface area (Å²) in [5, 5.41) is 13.3. The molecule has 0 saturated heterocycles. The van der Waals surface area contributed by atoms with E-state index in [2.05, 4.69) is 5.32 Å². The van der Waals surface area contributed by atoms with Crippen molar-refractivity contribution in [2.45, 2.75) is 13.8 Å². The summed E-state index contributed by atoms with van der Waals surface area (Å²) in [5.74, 6) is -1.06. The van der Waals surface area contributed by atoms with Gasteiger partial charge in [0.05, 0.1) is 29.4 Å². The number of rotatable bonds is 6. The molecule has 1 amide bonds. The van der Waals surface area contributed by atoms with Gasteiger partial charge in [-0.2, -0.15) is 0 Å². The second kappa shape index (κ2) is 8.11. The van der Waals surface area contributed by atoms with E-state index < -0.39 is 23.4 Å². The Balaban J connectivity index is 2.00. The number of nitrogens with zero attached hydrogens (tertiary/aromatic N) is 1. The maximum Gasteiger partial charge on any atom is 0.338 e. The van der Waals surface area contributed by atoms with Crippen molar-refractivity contribution >= 4 is 23.3 Å². The highest BCUT2D eigenvalue weighted by Gasteiger charge is 2.16. The first-order chi connectivity index (χ1) is 12.3. The van der Waals surface area contributed by atoms with Crippen molar-refractivity contribution in [1.82, 2.24) is 0 Å². The molecule has 0 radical (unpaired) electrons. The number of hydrogen-bond acceptors (Lipinski definition) is 6. The van der Waals surface area contributed by atoms with Crippen molar-refractivity contribution in [3.05, 3.63) is 63.2 Å². The molecular formula is C18H18N2O6. The summed E-state index contributed by atoms with van der Waals surface area (Å²) in [6.45, 7) is 3.20. The topological polar surface area (TPSA) is 108 Å². The summed E-state index contributed by atoms with van der Waals surface area (Å²) < 4.78 is 10.1. The molecule has 8 nitrogen and oxygen atoms in total. The van der Waals surface area contributed by atoms with Gasteiger partial charge in [0, 0.05) is 6.07 Å². The van der Waals surface area contributed by atoms with Gasteiger partial charge < -0.3 is 14.8 Å². The van der Waals surface area contributed by atoms with Crippen LogP contribution in [0, 0.1) is 24.0 Å². The van der Waals surface area contributed by atoms with Crippen LogP contribution in [0.4, 0.5) is 11.4 Å². The molecule has 0 atom stereocenters. The molecular weight excluding hydrogens is 340 g/mol. The Kier molecular flexibility index (Phi) is 5.90. The van der Waals surface area contributed by atoms with Crippen LogP contribution in [0.5, 0.6) is 5.75 Å². The van der Waals surface area contributed by atoms with Crippen LogP contribution in [-0.4, -0.2) is 30.5 Å². The zero-order valence-corrected chi connectivity index (χ0v) is 14.6. The Labute approximate surface area is 149 Å². The van der Waals surface area contributed by atoms with E-state index in [1.807, 2.05) is 13.0 Å². The van der Waals surface area contributed by atoms with Crippen LogP contribution in [0.1, 0.15) is 21.5 Å². The Morgan fingerprint density at radius 1 is 1.15 bits per heavy atom. The second-order valence-electron chi connectivity index (χ2n) is 5.58. The number of carbonyl (C=O) groups excluding carboxylic acids is 2. The highest BCUT2D eigenvalue weighted by atomic mass is 16.6. The van der Waals surface area contributed by atoms with E-state index in [1.54, 1.807) is 19.1 Å². The zero-order valence-electron chi connectivity index (χ0n) is 14.6. The quantitative estimate of drug-likeness (QED) is 0.483. The Morgan fingerprint density at radius 2 is 1.88 bits per heavy atom. The zero-order chi connectivity index (χ0) is 19.3. The first kappa shape index (κ1) is 18.9. The molecule has 0 aliphatic rings. The van der Waals surface area contributed by atoms with Crippen LogP contribution in [0.15, 0.2) is 36.4 Å².